The highest BCUT2D eigenvalue weighted by molar-refractivity contribution is 5.85. The minimum Gasteiger partial charge on any atom is -0.507 e. The molecule has 9 heteroatoms. The third kappa shape index (κ3) is 5.32. The number of piperidine rings is 1. The van der Waals surface area contributed by atoms with Crippen LogP contribution in [0.15, 0.2) is 36.9 Å². The Morgan fingerprint density at radius 2 is 1.81 bits per heavy atom. The smallest absolute Gasteiger partial charge is 0.242 e. The first-order valence-electron chi connectivity index (χ1n) is 10.2. The normalized spacial score (nSPS) is 17.7. The molecule has 1 saturated heterocycles. The minimum absolute atomic E-state index is 0. The summed E-state index contributed by atoms with van der Waals surface area (Å²) >= 11 is 0. The molecular formula is C22H30ClN7O. The molecule has 0 atom stereocenters. The van der Waals surface area contributed by atoms with Gasteiger partial charge in [-0.3, -0.25) is 0 Å². The summed E-state index contributed by atoms with van der Waals surface area (Å²) in [4.78, 5) is 8.66. The zero-order valence-electron chi connectivity index (χ0n) is 18.5. The van der Waals surface area contributed by atoms with E-state index in [1.807, 2.05) is 29.8 Å². The lowest BCUT2D eigenvalue weighted by atomic mass is 9.80. The Morgan fingerprint density at radius 1 is 1.10 bits per heavy atom. The van der Waals surface area contributed by atoms with Gasteiger partial charge >= 0.3 is 0 Å². The average molecular weight is 444 g/mol. The van der Waals surface area contributed by atoms with Gasteiger partial charge in [-0.1, -0.05) is 0 Å². The zero-order chi connectivity index (χ0) is 21.5. The van der Waals surface area contributed by atoms with Gasteiger partial charge in [0.05, 0.1) is 23.9 Å². The fourth-order valence-electron chi connectivity index (χ4n) is 4.53. The first-order chi connectivity index (χ1) is 14.1. The van der Waals surface area contributed by atoms with E-state index in [1.165, 1.54) is 0 Å². The number of phenolic OH excluding ortho intramolecular Hbond substituents is 1. The minimum atomic E-state index is 0. The quantitative estimate of drug-likeness (QED) is 0.562. The zero-order valence-corrected chi connectivity index (χ0v) is 19.4. The van der Waals surface area contributed by atoms with Crippen LogP contribution in [-0.2, 0) is 0 Å². The topological polar surface area (TPSA) is 101 Å². The van der Waals surface area contributed by atoms with E-state index in [9.17, 15) is 5.11 Å². The lowest BCUT2D eigenvalue weighted by molar-refractivity contribution is 0.170. The summed E-state index contributed by atoms with van der Waals surface area (Å²) in [6.45, 7) is 10.8. The van der Waals surface area contributed by atoms with Crippen molar-refractivity contribution in [3.8, 4) is 22.7 Å². The SMILES string of the molecule is Cc1cn(-c2ccc(-c3cnc(NC4CC(C)(C)NC(C)(C)C4)nn3)c(O)c2)cn1.Cl. The van der Waals surface area contributed by atoms with E-state index in [0.29, 0.717) is 17.2 Å². The standard InChI is InChI=1S/C22H29N7O.ClH/c1-14-12-29(13-24-14)16-6-7-17(19(30)8-16)18-11-23-20(27-26-18)25-15-9-21(2,3)28-22(4,5)10-15;/h6-8,11-13,15,28,30H,9-10H2,1-5H3,(H,23,25,27);1H. The highest BCUT2D eigenvalue weighted by Crippen LogP contribution is 2.31. The van der Waals surface area contributed by atoms with Gasteiger partial charge in [-0.2, -0.15) is 0 Å². The molecule has 3 aromatic rings. The van der Waals surface area contributed by atoms with Gasteiger partial charge in [-0.05, 0) is 59.6 Å². The number of imidazole rings is 1. The molecule has 0 amide bonds. The van der Waals surface area contributed by atoms with Crippen LogP contribution in [0.1, 0.15) is 46.2 Å². The highest BCUT2D eigenvalue weighted by atomic mass is 35.5. The van der Waals surface area contributed by atoms with Crippen molar-refractivity contribution in [2.45, 2.75) is 64.6 Å². The van der Waals surface area contributed by atoms with Crippen LogP contribution in [0.2, 0.25) is 0 Å². The van der Waals surface area contributed by atoms with E-state index in [1.54, 1.807) is 18.6 Å². The number of nitrogens with one attached hydrogen (secondary N) is 2. The maximum atomic E-state index is 10.5. The molecule has 8 nitrogen and oxygen atoms in total. The van der Waals surface area contributed by atoms with Crippen molar-refractivity contribution in [2.75, 3.05) is 5.32 Å². The fourth-order valence-corrected chi connectivity index (χ4v) is 4.53. The number of anilines is 1. The molecule has 1 aliphatic rings. The molecule has 1 aromatic carbocycles. The first-order valence-corrected chi connectivity index (χ1v) is 10.2. The molecule has 31 heavy (non-hydrogen) atoms. The number of rotatable bonds is 4. The molecule has 1 fully saturated rings. The van der Waals surface area contributed by atoms with Crippen LogP contribution in [0.5, 0.6) is 5.75 Å². The maximum Gasteiger partial charge on any atom is 0.242 e. The Bertz CT molecular complexity index is 1030. The molecule has 0 aliphatic carbocycles. The van der Waals surface area contributed by atoms with E-state index in [4.69, 9.17) is 0 Å². The molecule has 3 heterocycles. The van der Waals surface area contributed by atoms with Crippen molar-refractivity contribution in [3.63, 3.8) is 0 Å². The molecule has 1 aliphatic heterocycles. The second-order valence-electron chi connectivity index (χ2n) is 9.43. The Kier molecular flexibility index (Phi) is 6.25. The molecular weight excluding hydrogens is 414 g/mol. The molecule has 0 bridgehead atoms. The second kappa shape index (κ2) is 8.43. The van der Waals surface area contributed by atoms with Crippen LogP contribution >= 0.6 is 12.4 Å². The van der Waals surface area contributed by atoms with Crippen LogP contribution in [0, 0.1) is 6.92 Å². The lowest BCUT2D eigenvalue weighted by Crippen LogP contribution is -2.60. The summed E-state index contributed by atoms with van der Waals surface area (Å²) in [7, 11) is 0. The van der Waals surface area contributed by atoms with E-state index >= 15 is 0 Å². The van der Waals surface area contributed by atoms with Crippen molar-refractivity contribution in [3.05, 3.63) is 42.6 Å². The predicted molar refractivity (Wildman–Crippen MR) is 124 cm³/mol. The molecule has 0 unspecified atom stereocenters. The Balaban J connectivity index is 0.00000272. The van der Waals surface area contributed by atoms with Gasteiger partial charge in [0.25, 0.3) is 0 Å². The third-order valence-corrected chi connectivity index (χ3v) is 5.35. The van der Waals surface area contributed by atoms with Crippen LogP contribution < -0.4 is 10.6 Å². The first kappa shape index (κ1) is 23.0. The fraction of sp³-hybridized carbons (Fsp3) is 0.455. The van der Waals surface area contributed by atoms with Crippen molar-refractivity contribution in [1.29, 1.82) is 0 Å². The summed E-state index contributed by atoms with van der Waals surface area (Å²) in [5, 5.41) is 26.1. The number of hydrogen-bond donors (Lipinski definition) is 3. The van der Waals surface area contributed by atoms with Gasteiger partial charge in [0.1, 0.15) is 11.4 Å². The highest BCUT2D eigenvalue weighted by Gasteiger charge is 2.37. The van der Waals surface area contributed by atoms with Crippen molar-refractivity contribution in [1.82, 2.24) is 30.0 Å². The van der Waals surface area contributed by atoms with E-state index < -0.39 is 0 Å². The number of nitrogens with zero attached hydrogens (tertiary/aromatic N) is 5. The molecule has 0 saturated carbocycles. The molecule has 2 aromatic heterocycles. The summed E-state index contributed by atoms with van der Waals surface area (Å²) in [6.07, 6.45) is 7.20. The number of benzene rings is 1. The van der Waals surface area contributed by atoms with Crippen LogP contribution in [0.3, 0.4) is 0 Å². The predicted octanol–water partition coefficient (Wildman–Crippen LogP) is 3.88. The van der Waals surface area contributed by atoms with E-state index in [-0.39, 0.29) is 35.3 Å². The van der Waals surface area contributed by atoms with Gasteiger partial charge < -0.3 is 20.3 Å². The van der Waals surface area contributed by atoms with Gasteiger partial charge in [-0.25, -0.2) is 9.97 Å². The molecule has 0 spiro atoms. The van der Waals surface area contributed by atoms with E-state index in [0.717, 1.165) is 24.2 Å². The molecule has 0 radical (unpaired) electrons. The van der Waals surface area contributed by atoms with Crippen molar-refractivity contribution >= 4 is 18.4 Å². The largest absolute Gasteiger partial charge is 0.507 e. The number of aromatic nitrogens is 5. The number of hydrogen-bond acceptors (Lipinski definition) is 7. The van der Waals surface area contributed by atoms with E-state index in [2.05, 4.69) is 58.5 Å². The van der Waals surface area contributed by atoms with Gasteiger partial charge in [0.2, 0.25) is 5.95 Å². The van der Waals surface area contributed by atoms with Crippen molar-refractivity contribution < 1.29 is 5.11 Å². The molecule has 3 N–H and O–H groups in total. The average Bonchev–Trinajstić information content (AvgIpc) is 3.06. The number of aryl methyl sites for hydroxylation is 1. The monoisotopic (exact) mass is 443 g/mol. The summed E-state index contributed by atoms with van der Waals surface area (Å²) in [5.41, 5.74) is 2.93. The summed E-state index contributed by atoms with van der Waals surface area (Å²) in [5.74, 6) is 0.625. The van der Waals surface area contributed by atoms with Crippen LogP contribution in [-0.4, -0.2) is 47.0 Å². The maximum absolute atomic E-state index is 10.5. The van der Waals surface area contributed by atoms with Crippen LogP contribution in [0.25, 0.3) is 16.9 Å². The number of phenols is 1. The Hall–Kier alpha value is -2.71. The number of aromatic hydroxyl groups is 1. The lowest BCUT2D eigenvalue weighted by Gasteiger charge is -2.46. The summed E-state index contributed by atoms with van der Waals surface area (Å²) in [6, 6.07) is 5.67. The third-order valence-electron chi connectivity index (χ3n) is 5.35. The molecule has 4 rings (SSSR count). The van der Waals surface area contributed by atoms with Crippen molar-refractivity contribution in [2.24, 2.45) is 0 Å². The van der Waals surface area contributed by atoms with Crippen LogP contribution in [0.4, 0.5) is 5.95 Å². The Morgan fingerprint density at radius 3 is 2.35 bits per heavy atom. The second-order valence-corrected chi connectivity index (χ2v) is 9.43. The van der Waals surface area contributed by atoms with Gasteiger partial charge in [0, 0.05) is 34.9 Å². The summed E-state index contributed by atoms with van der Waals surface area (Å²) < 4.78 is 1.86. The Labute approximate surface area is 189 Å². The number of halogens is 1. The van der Waals surface area contributed by atoms with Gasteiger partial charge in [-0.15, -0.1) is 22.6 Å². The van der Waals surface area contributed by atoms with Gasteiger partial charge in [0.15, 0.2) is 0 Å². The molecule has 166 valence electrons.